The van der Waals surface area contributed by atoms with E-state index in [1.165, 1.54) is 6.07 Å². The van der Waals surface area contributed by atoms with Crippen LogP contribution in [0.25, 0.3) is 22.4 Å². The average Bonchev–Trinajstić information content (AvgIpc) is 3.33. The van der Waals surface area contributed by atoms with E-state index in [0.29, 0.717) is 42.4 Å². The predicted molar refractivity (Wildman–Crippen MR) is 147 cm³/mol. The summed E-state index contributed by atoms with van der Waals surface area (Å²) in [5, 5.41) is 0.355. The number of fused-ring (bicyclic) bond motifs is 2. The number of alkyl halides is 3. The second-order valence-electron chi connectivity index (χ2n) is 11.7. The van der Waals surface area contributed by atoms with E-state index in [1.54, 1.807) is 26.2 Å². The van der Waals surface area contributed by atoms with Gasteiger partial charge < -0.3 is 24.5 Å². The number of carbonyl (C=O) groups excluding carboxylic acids is 1. The number of amides is 1. The van der Waals surface area contributed by atoms with Gasteiger partial charge in [-0.15, -0.1) is 0 Å². The number of methoxy groups -OCH3 is 1. The number of piperidine rings is 1. The highest BCUT2D eigenvalue weighted by atomic mass is 19.4. The maximum absolute atomic E-state index is 14.0. The predicted octanol–water partition coefficient (Wildman–Crippen LogP) is 6.24. The number of nitrogens with zero attached hydrogens (tertiary/aromatic N) is 3. The van der Waals surface area contributed by atoms with Crippen molar-refractivity contribution in [3.8, 4) is 17.2 Å². The van der Waals surface area contributed by atoms with Crippen LogP contribution in [0.5, 0.6) is 5.75 Å². The zero-order chi connectivity index (χ0) is 29.9. The minimum absolute atomic E-state index is 0.0321. The molecule has 5 atom stereocenters. The Balaban J connectivity index is 1.59. The number of nitrogens with two attached hydrogens (primary N) is 1. The molecule has 2 aliphatic rings. The molecular formula is C30H37F3N4O4. The van der Waals surface area contributed by atoms with Crippen LogP contribution >= 0.6 is 0 Å². The summed E-state index contributed by atoms with van der Waals surface area (Å²) >= 11 is 0. The molecule has 0 radical (unpaired) electrons. The zero-order valence-corrected chi connectivity index (χ0v) is 24.2. The number of hydrogen-bond donors (Lipinski definition) is 1. The van der Waals surface area contributed by atoms with Crippen LogP contribution < -0.4 is 10.5 Å². The van der Waals surface area contributed by atoms with Gasteiger partial charge in [-0.25, -0.2) is 9.97 Å². The molecule has 0 bridgehead atoms. The fraction of sp³-hybridized carbons (Fsp3) is 0.567. The third kappa shape index (κ3) is 5.07. The average molecular weight is 575 g/mol. The van der Waals surface area contributed by atoms with Crippen LogP contribution in [-0.2, 0) is 10.9 Å². The third-order valence-corrected chi connectivity index (χ3v) is 8.77. The molecule has 3 unspecified atom stereocenters. The fourth-order valence-electron chi connectivity index (χ4n) is 6.13. The highest BCUT2D eigenvalue weighted by Crippen LogP contribution is 2.65. The number of pyridine rings is 1. The van der Waals surface area contributed by atoms with Crippen LogP contribution in [0.1, 0.15) is 75.4 Å². The molecule has 8 nitrogen and oxygen atoms in total. The van der Waals surface area contributed by atoms with Gasteiger partial charge in [-0.1, -0.05) is 20.8 Å². The van der Waals surface area contributed by atoms with Gasteiger partial charge in [0.1, 0.15) is 17.0 Å². The molecule has 11 heteroatoms. The van der Waals surface area contributed by atoms with Gasteiger partial charge in [0, 0.05) is 24.6 Å². The Hall–Kier alpha value is -3.18. The first-order valence-electron chi connectivity index (χ1n) is 14.1. The molecule has 1 saturated heterocycles. The Morgan fingerprint density at radius 2 is 1.93 bits per heavy atom. The highest BCUT2D eigenvalue weighted by Gasteiger charge is 2.67. The molecule has 222 valence electrons. The van der Waals surface area contributed by atoms with Crippen molar-refractivity contribution in [3.63, 3.8) is 0 Å². The van der Waals surface area contributed by atoms with Crippen LogP contribution in [0, 0.1) is 17.3 Å². The maximum Gasteiger partial charge on any atom is 0.433 e. The molecule has 5 rings (SSSR count). The highest BCUT2D eigenvalue weighted by molar-refractivity contribution is 5.98. The van der Waals surface area contributed by atoms with Crippen molar-refractivity contribution in [2.45, 2.75) is 71.8 Å². The molecule has 2 fully saturated rings. The first-order valence-corrected chi connectivity index (χ1v) is 14.1. The van der Waals surface area contributed by atoms with E-state index in [9.17, 15) is 18.0 Å². The van der Waals surface area contributed by atoms with E-state index in [-0.39, 0.29) is 52.1 Å². The molecular weight excluding hydrogens is 537 g/mol. The Morgan fingerprint density at radius 1 is 1.20 bits per heavy atom. The summed E-state index contributed by atoms with van der Waals surface area (Å²) in [7, 11) is 1.62. The number of benzene rings is 1. The molecule has 1 amide bonds. The molecule has 1 saturated carbocycles. The quantitative estimate of drug-likeness (QED) is 0.323. The van der Waals surface area contributed by atoms with E-state index in [1.807, 2.05) is 18.7 Å². The van der Waals surface area contributed by atoms with Gasteiger partial charge in [-0.3, -0.25) is 4.79 Å². The Kier molecular flexibility index (Phi) is 7.57. The van der Waals surface area contributed by atoms with Crippen molar-refractivity contribution in [3.05, 3.63) is 41.4 Å². The van der Waals surface area contributed by atoms with Crippen molar-refractivity contribution < 1.29 is 31.9 Å². The van der Waals surface area contributed by atoms with Crippen molar-refractivity contribution in [1.82, 2.24) is 14.9 Å². The first-order chi connectivity index (χ1) is 19.3. The molecule has 2 N–H and O–H groups in total. The monoisotopic (exact) mass is 574 g/mol. The van der Waals surface area contributed by atoms with E-state index in [2.05, 4.69) is 23.8 Å². The topological polar surface area (TPSA) is 104 Å². The van der Waals surface area contributed by atoms with E-state index < -0.39 is 17.9 Å². The molecule has 2 aromatic heterocycles. The van der Waals surface area contributed by atoms with Crippen molar-refractivity contribution in [2.75, 3.05) is 20.3 Å². The standard InChI is InChI=1S/C30H37F3N4O4/c1-7-16(4)40-22-10-8-19(18-9-11-23(30(31,32)33)35-24(18)22)27-36-25(26(41-27)17(5)34)28(38)37-14-29(15(2)3)12-20(29)21(37)13-39-6/h8-11,15-17,20-21H,7,12-14,34H2,1-6H3/t16?,17-,20?,21+,29?/m0/s1. The molecule has 1 aromatic carbocycles. The molecule has 0 spiro atoms. The number of ether oxygens (including phenoxy) is 2. The lowest BCUT2D eigenvalue weighted by Crippen LogP contribution is -2.42. The van der Waals surface area contributed by atoms with Crippen LogP contribution in [0.3, 0.4) is 0 Å². The number of aromatic nitrogens is 2. The second-order valence-corrected chi connectivity index (χ2v) is 11.7. The summed E-state index contributed by atoms with van der Waals surface area (Å²) in [5.41, 5.74) is 5.78. The first kappa shape index (κ1) is 29.3. The van der Waals surface area contributed by atoms with Crippen LogP contribution in [0.2, 0.25) is 0 Å². The maximum atomic E-state index is 14.0. The van der Waals surface area contributed by atoms with Gasteiger partial charge in [-0.2, -0.15) is 13.2 Å². The van der Waals surface area contributed by atoms with Gasteiger partial charge in [0.25, 0.3) is 5.91 Å². The smallest absolute Gasteiger partial charge is 0.433 e. The van der Waals surface area contributed by atoms with Gasteiger partial charge in [0.2, 0.25) is 5.89 Å². The second kappa shape index (κ2) is 10.6. The van der Waals surface area contributed by atoms with Crippen molar-refractivity contribution in [1.29, 1.82) is 0 Å². The van der Waals surface area contributed by atoms with Crippen molar-refractivity contribution in [2.24, 2.45) is 23.0 Å². The van der Waals surface area contributed by atoms with E-state index in [0.717, 1.165) is 12.5 Å². The largest absolute Gasteiger partial charge is 0.488 e. The van der Waals surface area contributed by atoms with Crippen molar-refractivity contribution >= 4 is 16.8 Å². The van der Waals surface area contributed by atoms with Gasteiger partial charge in [0.15, 0.2) is 11.5 Å². The fourth-order valence-corrected chi connectivity index (χ4v) is 6.13. The number of halogens is 3. The molecule has 3 aromatic rings. The van der Waals surface area contributed by atoms with E-state index in [4.69, 9.17) is 19.6 Å². The Bertz CT molecular complexity index is 1450. The minimum Gasteiger partial charge on any atom is -0.488 e. The summed E-state index contributed by atoms with van der Waals surface area (Å²) < 4.78 is 58.2. The van der Waals surface area contributed by atoms with Crippen LogP contribution in [-0.4, -0.2) is 53.2 Å². The number of rotatable bonds is 9. The lowest BCUT2D eigenvalue weighted by Gasteiger charge is -2.28. The normalized spacial score (nSPS) is 23.6. The minimum atomic E-state index is -4.63. The summed E-state index contributed by atoms with van der Waals surface area (Å²) in [6.07, 6.45) is -3.16. The molecule has 3 heterocycles. The summed E-state index contributed by atoms with van der Waals surface area (Å²) in [4.78, 5) is 24.3. The lowest BCUT2D eigenvalue weighted by molar-refractivity contribution is -0.140. The summed E-state index contributed by atoms with van der Waals surface area (Å²) in [6, 6.07) is 4.73. The third-order valence-electron chi connectivity index (χ3n) is 8.77. The number of oxazole rings is 1. The zero-order valence-electron chi connectivity index (χ0n) is 24.2. The number of likely N-dealkylation sites (tertiary alicyclic amines) is 1. The molecule has 41 heavy (non-hydrogen) atoms. The van der Waals surface area contributed by atoms with Crippen LogP contribution in [0.15, 0.2) is 28.7 Å². The summed E-state index contributed by atoms with van der Waals surface area (Å²) in [5.74, 6) is 0.980. The van der Waals surface area contributed by atoms with Gasteiger partial charge in [-0.05, 0) is 68.2 Å². The van der Waals surface area contributed by atoms with Crippen LogP contribution in [0.4, 0.5) is 13.2 Å². The Morgan fingerprint density at radius 3 is 2.54 bits per heavy atom. The summed E-state index contributed by atoms with van der Waals surface area (Å²) in [6.45, 7) is 10.8. The molecule has 1 aliphatic carbocycles. The van der Waals surface area contributed by atoms with E-state index >= 15 is 0 Å². The molecule has 1 aliphatic heterocycles. The lowest BCUT2D eigenvalue weighted by atomic mass is 9.91. The Labute approximate surface area is 237 Å². The SMILES string of the molecule is CCC(C)Oc1ccc(-c2nc(C(=O)N3CC4(C(C)C)CC4[C@H]3COC)c([C@H](C)N)o2)c2ccc(C(F)(F)F)nc12. The number of carbonyl (C=O) groups is 1. The van der Waals surface area contributed by atoms with Gasteiger partial charge >= 0.3 is 6.18 Å². The number of hydrogen-bond acceptors (Lipinski definition) is 7. The van der Waals surface area contributed by atoms with Gasteiger partial charge in [0.05, 0.1) is 24.8 Å².